The molecule has 11 heavy (non-hydrogen) atoms. The van der Waals surface area contributed by atoms with Crippen molar-refractivity contribution < 1.29 is 9.90 Å². The van der Waals surface area contributed by atoms with Crippen LogP contribution in [0.25, 0.3) is 0 Å². The molecular formula is C7H8N2O2. The standard InChI is InChI=1S/C7H8N2O2/c1-5(10)9-7-3-2-6(11)4-8-7/h2-4,11H,1H3,(H,8,9,10). The summed E-state index contributed by atoms with van der Waals surface area (Å²) < 4.78 is 0. The first kappa shape index (κ1) is 7.53. The zero-order valence-corrected chi connectivity index (χ0v) is 6.03. The van der Waals surface area contributed by atoms with Gasteiger partial charge in [-0.25, -0.2) is 4.98 Å². The van der Waals surface area contributed by atoms with Crippen molar-refractivity contribution in [3.63, 3.8) is 0 Å². The van der Waals surface area contributed by atoms with E-state index in [0.717, 1.165) is 0 Å². The molecule has 1 amide bonds. The third-order valence-corrected chi connectivity index (χ3v) is 1.05. The molecule has 0 aromatic carbocycles. The molecule has 0 unspecified atom stereocenters. The number of carbonyl (C=O) groups excluding carboxylic acids is 1. The van der Waals surface area contributed by atoms with E-state index in [1.54, 1.807) is 0 Å². The lowest BCUT2D eigenvalue weighted by atomic mass is 10.4. The molecule has 0 atom stereocenters. The van der Waals surface area contributed by atoms with Crippen molar-refractivity contribution in [3.05, 3.63) is 18.3 Å². The van der Waals surface area contributed by atoms with Gasteiger partial charge in [0.15, 0.2) is 0 Å². The van der Waals surface area contributed by atoms with Crippen molar-refractivity contribution in [1.82, 2.24) is 4.98 Å². The number of hydrogen-bond acceptors (Lipinski definition) is 3. The number of pyridine rings is 1. The van der Waals surface area contributed by atoms with Crippen LogP contribution in [0.3, 0.4) is 0 Å². The number of nitrogens with one attached hydrogen (secondary N) is 1. The second-order valence-corrected chi connectivity index (χ2v) is 2.08. The number of rotatable bonds is 1. The van der Waals surface area contributed by atoms with Crippen LogP contribution in [0.5, 0.6) is 5.75 Å². The maximum absolute atomic E-state index is 10.5. The van der Waals surface area contributed by atoms with Gasteiger partial charge in [-0.05, 0) is 12.1 Å². The zero-order chi connectivity index (χ0) is 8.27. The van der Waals surface area contributed by atoms with Crippen LogP contribution in [0.4, 0.5) is 5.82 Å². The fourth-order valence-corrected chi connectivity index (χ4v) is 0.640. The highest BCUT2D eigenvalue weighted by Crippen LogP contribution is 2.08. The Morgan fingerprint density at radius 3 is 2.82 bits per heavy atom. The van der Waals surface area contributed by atoms with Gasteiger partial charge in [0.25, 0.3) is 0 Å². The summed E-state index contributed by atoms with van der Waals surface area (Å²) in [6.07, 6.45) is 1.27. The summed E-state index contributed by atoms with van der Waals surface area (Å²) in [7, 11) is 0. The van der Waals surface area contributed by atoms with Crippen LogP contribution in [0.2, 0.25) is 0 Å². The molecule has 58 valence electrons. The Hall–Kier alpha value is -1.58. The smallest absolute Gasteiger partial charge is 0.222 e. The van der Waals surface area contributed by atoms with E-state index in [1.165, 1.54) is 25.3 Å². The number of nitrogens with zero attached hydrogens (tertiary/aromatic N) is 1. The first-order valence-corrected chi connectivity index (χ1v) is 3.11. The van der Waals surface area contributed by atoms with Gasteiger partial charge in [0, 0.05) is 6.92 Å². The Balaban J connectivity index is 2.74. The highest BCUT2D eigenvalue weighted by molar-refractivity contribution is 5.87. The molecule has 4 nitrogen and oxygen atoms in total. The first-order chi connectivity index (χ1) is 5.18. The highest BCUT2D eigenvalue weighted by Gasteiger charge is 1.94. The summed E-state index contributed by atoms with van der Waals surface area (Å²) in [5, 5.41) is 11.3. The van der Waals surface area contributed by atoms with E-state index in [2.05, 4.69) is 10.3 Å². The van der Waals surface area contributed by atoms with E-state index < -0.39 is 0 Å². The monoisotopic (exact) mass is 152 g/mol. The minimum atomic E-state index is -0.178. The van der Waals surface area contributed by atoms with E-state index in [0.29, 0.717) is 5.82 Å². The zero-order valence-electron chi connectivity index (χ0n) is 6.03. The summed E-state index contributed by atoms with van der Waals surface area (Å²) in [5.41, 5.74) is 0. The molecule has 0 saturated heterocycles. The van der Waals surface area contributed by atoms with Crippen molar-refractivity contribution in [1.29, 1.82) is 0 Å². The molecule has 0 bridgehead atoms. The SMILES string of the molecule is CC(=O)Nc1ccc(O)cn1. The predicted octanol–water partition coefficient (Wildman–Crippen LogP) is 0.746. The molecule has 0 fully saturated rings. The van der Waals surface area contributed by atoms with E-state index in [4.69, 9.17) is 5.11 Å². The third kappa shape index (κ3) is 2.25. The summed E-state index contributed by atoms with van der Waals surface area (Å²) in [6.45, 7) is 1.40. The maximum Gasteiger partial charge on any atom is 0.222 e. The van der Waals surface area contributed by atoms with Gasteiger partial charge in [-0.3, -0.25) is 4.79 Å². The Labute approximate surface area is 63.9 Å². The van der Waals surface area contributed by atoms with E-state index in [-0.39, 0.29) is 11.7 Å². The van der Waals surface area contributed by atoms with Crippen LogP contribution >= 0.6 is 0 Å². The number of hydrogen-bond donors (Lipinski definition) is 2. The van der Waals surface area contributed by atoms with Crippen molar-refractivity contribution in [2.75, 3.05) is 5.32 Å². The largest absolute Gasteiger partial charge is 0.506 e. The van der Waals surface area contributed by atoms with Gasteiger partial charge in [-0.1, -0.05) is 0 Å². The number of amides is 1. The van der Waals surface area contributed by atoms with Crippen LogP contribution < -0.4 is 5.32 Å². The molecule has 0 radical (unpaired) electrons. The molecule has 1 heterocycles. The quantitative estimate of drug-likeness (QED) is 0.624. The molecule has 0 aliphatic heterocycles. The second kappa shape index (κ2) is 3.01. The van der Waals surface area contributed by atoms with Crippen LogP contribution in [-0.2, 0) is 4.79 Å². The van der Waals surface area contributed by atoms with Crippen LogP contribution in [0.1, 0.15) is 6.92 Å². The number of carbonyl (C=O) groups is 1. The summed E-state index contributed by atoms with van der Waals surface area (Å²) in [6, 6.07) is 2.98. The number of aromatic hydroxyl groups is 1. The van der Waals surface area contributed by atoms with Crippen molar-refractivity contribution in [2.24, 2.45) is 0 Å². The van der Waals surface area contributed by atoms with Gasteiger partial charge in [0.05, 0.1) is 6.20 Å². The van der Waals surface area contributed by atoms with Gasteiger partial charge < -0.3 is 10.4 Å². The average molecular weight is 152 g/mol. The normalized spacial score (nSPS) is 9.18. The lowest BCUT2D eigenvalue weighted by Crippen LogP contribution is -2.06. The minimum Gasteiger partial charge on any atom is -0.506 e. The van der Waals surface area contributed by atoms with Crippen LogP contribution in [-0.4, -0.2) is 16.0 Å². The van der Waals surface area contributed by atoms with Gasteiger partial charge in [-0.15, -0.1) is 0 Å². The Kier molecular flexibility index (Phi) is 2.06. The number of anilines is 1. The number of aromatic nitrogens is 1. The first-order valence-electron chi connectivity index (χ1n) is 3.11. The summed E-state index contributed by atoms with van der Waals surface area (Å²) in [5.74, 6) is 0.345. The molecule has 2 N–H and O–H groups in total. The van der Waals surface area contributed by atoms with E-state index in [9.17, 15) is 4.79 Å². The van der Waals surface area contributed by atoms with E-state index in [1.807, 2.05) is 0 Å². The van der Waals surface area contributed by atoms with Crippen molar-refractivity contribution in [2.45, 2.75) is 6.92 Å². The fourth-order valence-electron chi connectivity index (χ4n) is 0.640. The van der Waals surface area contributed by atoms with Gasteiger partial charge in [0.2, 0.25) is 5.91 Å². The molecule has 1 rings (SSSR count). The Bertz CT molecular complexity index is 256. The third-order valence-electron chi connectivity index (χ3n) is 1.05. The molecular weight excluding hydrogens is 144 g/mol. The predicted molar refractivity (Wildman–Crippen MR) is 40.2 cm³/mol. The van der Waals surface area contributed by atoms with E-state index >= 15 is 0 Å². The van der Waals surface area contributed by atoms with Crippen molar-refractivity contribution in [3.8, 4) is 5.75 Å². The summed E-state index contributed by atoms with van der Waals surface area (Å²) >= 11 is 0. The Morgan fingerprint density at radius 2 is 2.36 bits per heavy atom. The summed E-state index contributed by atoms with van der Waals surface area (Å²) in [4.78, 5) is 14.2. The molecule has 0 spiro atoms. The van der Waals surface area contributed by atoms with Gasteiger partial charge in [0.1, 0.15) is 11.6 Å². The minimum absolute atomic E-state index is 0.0825. The molecule has 1 aromatic rings. The molecule has 0 aliphatic rings. The highest BCUT2D eigenvalue weighted by atomic mass is 16.3. The average Bonchev–Trinajstić information content (AvgIpc) is 1.93. The lowest BCUT2D eigenvalue weighted by molar-refractivity contribution is -0.114. The Morgan fingerprint density at radius 1 is 1.64 bits per heavy atom. The molecule has 1 aromatic heterocycles. The molecule has 0 saturated carbocycles. The lowest BCUT2D eigenvalue weighted by Gasteiger charge is -1.98. The fraction of sp³-hybridized carbons (Fsp3) is 0.143. The van der Waals surface area contributed by atoms with Gasteiger partial charge >= 0.3 is 0 Å². The topological polar surface area (TPSA) is 62.2 Å². The molecule has 0 aliphatic carbocycles. The van der Waals surface area contributed by atoms with Crippen molar-refractivity contribution >= 4 is 11.7 Å². The molecule has 4 heteroatoms. The maximum atomic E-state index is 10.5. The van der Waals surface area contributed by atoms with Crippen LogP contribution in [0.15, 0.2) is 18.3 Å². The van der Waals surface area contributed by atoms with Crippen LogP contribution in [0, 0.1) is 0 Å². The second-order valence-electron chi connectivity index (χ2n) is 2.08. The van der Waals surface area contributed by atoms with Gasteiger partial charge in [-0.2, -0.15) is 0 Å².